The van der Waals surface area contributed by atoms with Crippen LogP contribution in [-0.2, 0) is 4.57 Å². The minimum atomic E-state index is -2.40. The maximum Gasteiger partial charge on any atom is 0.287 e. The smallest absolute Gasteiger partial charge is 0.270 e. The maximum atomic E-state index is 13.4. The summed E-state index contributed by atoms with van der Waals surface area (Å²) in [7, 11) is -2.40. The van der Waals surface area contributed by atoms with E-state index >= 15 is 0 Å². The molecule has 4 nitrogen and oxygen atoms in total. The summed E-state index contributed by atoms with van der Waals surface area (Å²) in [6.45, 7) is 12.4. The fourth-order valence-electron chi connectivity index (χ4n) is 2.72. The van der Waals surface area contributed by atoms with Gasteiger partial charge >= 0.3 is 0 Å². The van der Waals surface area contributed by atoms with Crippen LogP contribution in [-0.4, -0.2) is 52.3 Å². The molecule has 2 heterocycles. The lowest BCUT2D eigenvalue weighted by atomic mass is 10.4. The molecule has 4 atom stereocenters. The molecule has 0 aromatic carbocycles. The van der Waals surface area contributed by atoms with Gasteiger partial charge in [0.15, 0.2) is 0 Å². The molecule has 0 radical (unpaired) electrons. The van der Waals surface area contributed by atoms with Crippen LogP contribution in [0.4, 0.5) is 0 Å². The van der Waals surface area contributed by atoms with Crippen molar-refractivity contribution in [2.24, 2.45) is 0 Å². The molecule has 2 fully saturated rings. The maximum absolute atomic E-state index is 13.4. The van der Waals surface area contributed by atoms with Crippen molar-refractivity contribution in [1.29, 1.82) is 0 Å². The third kappa shape index (κ3) is 2.21. The quantitative estimate of drug-likeness (QED) is 0.518. The Kier molecular flexibility index (Phi) is 3.99. The van der Waals surface area contributed by atoms with E-state index in [1.807, 2.05) is 0 Å². The van der Waals surface area contributed by atoms with E-state index in [2.05, 4.69) is 41.7 Å². The van der Waals surface area contributed by atoms with Crippen LogP contribution in [0.1, 0.15) is 40.5 Å². The van der Waals surface area contributed by atoms with Gasteiger partial charge in [-0.15, -0.1) is 0 Å². The summed E-state index contributed by atoms with van der Waals surface area (Å²) < 4.78 is 20.1. The Morgan fingerprint density at radius 1 is 1.00 bits per heavy atom. The highest BCUT2D eigenvalue weighted by atomic mass is 31.2. The molecule has 0 aromatic heterocycles. The highest BCUT2D eigenvalue weighted by Crippen LogP contribution is 2.66. The molecule has 2 unspecified atom stereocenters. The average Bonchev–Trinajstić information content (AvgIpc) is 3.22. The minimum Gasteiger partial charge on any atom is -0.270 e. The van der Waals surface area contributed by atoms with E-state index in [1.54, 1.807) is 0 Å². The predicted molar refractivity (Wildman–Crippen MR) is 72.1 cm³/mol. The van der Waals surface area contributed by atoms with Gasteiger partial charge in [0.25, 0.3) is 7.59 Å². The van der Waals surface area contributed by atoms with Crippen LogP contribution >= 0.6 is 7.59 Å². The number of hydrogen-bond acceptors (Lipinski definition) is 1. The summed E-state index contributed by atoms with van der Waals surface area (Å²) in [6.07, 6.45) is 2.24. The van der Waals surface area contributed by atoms with Gasteiger partial charge in [0.05, 0.1) is 0 Å². The molecule has 5 heteroatoms. The normalized spacial score (nSPS) is 39.1. The Balaban J connectivity index is 2.15. The largest absolute Gasteiger partial charge is 0.287 e. The van der Waals surface area contributed by atoms with Crippen LogP contribution in [0.3, 0.4) is 0 Å². The van der Waals surface area contributed by atoms with E-state index in [0.29, 0.717) is 12.1 Å². The standard InChI is InChI=1S/C12H26N3OP/c1-5-11-9-14(11)17(16,13(7-3)8-4)15-10-12(15)6-2/h11-12H,5-10H2,1-4H3/t11-,12-,14?,15?,17?/m0/s1. The number of hydrogen-bond donors (Lipinski definition) is 0. The zero-order valence-electron chi connectivity index (χ0n) is 11.6. The fourth-order valence-corrected chi connectivity index (χ4v) is 6.38. The summed E-state index contributed by atoms with van der Waals surface area (Å²) in [5.74, 6) is 0. The van der Waals surface area contributed by atoms with E-state index in [9.17, 15) is 4.57 Å². The van der Waals surface area contributed by atoms with Crippen molar-refractivity contribution >= 4 is 7.59 Å². The summed E-state index contributed by atoms with van der Waals surface area (Å²) >= 11 is 0. The molecule has 0 bridgehead atoms. The molecule has 2 aliphatic rings. The van der Waals surface area contributed by atoms with Gasteiger partial charge in [0.1, 0.15) is 0 Å². The van der Waals surface area contributed by atoms with Crippen LogP contribution in [0.25, 0.3) is 0 Å². The lowest BCUT2D eigenvalue weighted by molar-refractivity contribution is 0.377. The topological polar surface area (TPSA) is 26.3 Å². The molecule has 0 saturated carbocycles. The van der Waals surface area contributed by atoms with E-state index < -0.39 is 7.59 Å². The van der Waals surface area contributed by atoms with Crippen molar-refractivity contribution in [3.05, 3.63) is 0 Å². The molecule has 2 rings (SSSR count). The van der Waals surface area contributed by atoms with E-state index in [0.717, 1.165) is 39.0 Å². The predicted octanol–water partition coefficient (Wildman–Crippen LogP) is 2.62. The zero-order valence-corrected chi connectivity index (χ0v) is 12.5. The van der Waals surface area contributed by atoms with Crippen molar-refractivity contribution in [1.82, 2.24) is 14.0 Å². The van der Waals surface area contributed by atoms with Crippen LogP contribution in [0.5, 0.6) is 0 Å². The molecular weight excluding hydrogens is 233 g/mol. The van der Waals surface area contributed by atoms with Gasteiger partial charge < -0.3 is 0 Å². The molecule has 100 valence electrons. The van der Waals surface area contributed by atoms with Gasteiger partial charge in [0.2, 0.25) is 0 Å². The van der Waals surface area contributed by atoms with Gasteiger partial charge in [-0.25, -0.2) is 14.0 Å². The SMILES string of the molecule is CC[C@H]1CN1P(=O)(N(CC)CC)N1C[C@@H]1CC. The van der Waals surface area contributed by atoms with Crippen LogP contribution in [0.2, 0.25) is 0 Å². The van der Waals surface area contributed by atoms with Crippen LogP contribution < -0.4 is 0 Å². The second kappa shape index (κ2) is 5.00. The first-order valence-electron chi connectivity index (χ1n) is 7.03. The Bertz CT molecular complexity index is 297. The van der Waals surface area contributed by atoms with Gasteiger partial charge in [0, 0.05) is 38.3 Å². The summed E-state index contributed by atoms with van der Waals surface area (Å²) in [4.78, 5) is 0. The lowest BCUT2D eigenvalue weighted by Gasteiger charge is -2.32. The summed E-state index contributed by atoms with van der Waals surface area (Å²) in [6, 6.07) is 1.11. The number of nitrogens with zero attached hydrogens (tertiary/aromatic N) is 3. The van der Waals surface area contributed by atoms with Crippen molar-refractivity contribution < 1.29 is 4.57 Å². The molecular formula is C12H26N3OP. The van der Waals surface area contributed by atoms with Crippen molar-refractivity contribution in [2.45, 2.75) is 52.6 Å². The van der Waals surface area contributed by atoms with Crippen LogP contribution in [0.15, 0.2) is 0 Å². The highest BCUT2D eigenvalue weighted by Gasteiger charge is 2.58. The molecule has 0 amide bonds. The molecule has 2 saturated heterocycles. The lowest BCUT2D eigenvalue weighted by Crippen LogP contribution is -2.28. The second-order valence-corrected chi connectivity index (χ2v) is 7.64. The van der Waals surface area contributed by atoms with Gasteiger partial charge in [-0.05, 0) is 12.8 Å². The van der Waals surface area contributed by atoms with Crippen LogP contribution in [0, 0.1) is 0 Å². The molecule has 0 aromatic rings. The Labute approximate surface area is 105 Å². The Hall–Kier alpha value is 0.110. The minimum absolute atomic E-state index is 0.555. The Morgan fingerprint density at radius 3 is 1.65 bits per heavy atom. The third-order valence-electron chi connectivity index (χ3n) is 4.08. The second-order valence-electron chi connectivity index (χ2n) is 5.02. The van der Waals surface area contributed by atoms with E-state index in [-0.39, 0.29) is 0 Å². The average molecular weight is 259 g/mol. The first-order chi connectivity index (χ1) is 8.13. The highest BCUT2D eigenvalue weighted by molar-refractivity contribution is 7.57. The molecule has 2 aliphatic heterocycles. The molecule has 17 heavy (non-hydrogen) atoms. The fraction of sp³-hybridized carbons (Fsp3) is 1.00. The van der Waals surface area contributed by atoms with Crippen molar-refractivity contribution in [3.63, 3.8) is 0 Å². The van der Waals surface area contributed by atoms with Gasteiger partial charge in [-0.3, -0.25) is 4.57 Å². The van der Waals surface area contributed by atoms with E-state index in [4.69, 9.17) is 0 Å². The summed E-state index contributed by atoms with van der Waals surface area (Å²) in [5, 5.41) is 0. The van der Waals surface area contributed by atoms with E-state index in [1.165, 1.54) is 0 Å². The first-order valence-corrected chi connectivity index (χ1v) is 8.59. The third-order valence-corrected chi connectivity index (χ3v) is 7.70. The number of rotatable bonds is 7. The molecule has 0 N–H and O–H groups in total. The Morgan fingerprint density at radius 2 is 1.41 bits per heavy atom. The monoisotopic (exact) mass is 259 g/mol. The first kappa shape index (κ1) is 13.5. The molecule has 0 spiro atoms. The summed E-state index contributed by atoms with van der Waals surface area (Å²) in [5.41, 5.74) is 0. The van der Waals surface area contributed by atoms with Gasteiger partial charge in [-0.1, -0.05) is 27.7 Å². The van der Waals surface area contributed by atoms with Crippen molar-refractivity contribution in [3.8, 4) is 0 Å². The van der Waals surface area contributed by atoms with Gasteiger partial charge in [-0.2, -0.15) is 0 Å². The molecule has 0 aliphatic carbocycles. The zero-order chi connectivity index (χ0) is 12.6. The van der Waals surface area contributed by atoms with Crippen molar-refractivity contribution in [2.75, 3.05) is 26.2 Å².